The summed E-state index contributed by atoms with van der Waals surface area (Å²) in [5, 5.41) is 19.0. The largest absolute Gasteiger partial charge is 0.416 e. The zero-order valence-corrected chi connectivity index (χ0v) is 11.9. The van der Waals surface area contributed by atoms with Gasteiger partial charge in [0, 0.05) is 5.56 Å². The number of rotatable bonds is 3. The standard InChI is InChI=1S/C15H8F3N5O/c16-15(17,18)10-3-1-9(2-4-10)13-22-23-14(24-13)21-12-6-5-11(7-19)20-8-12/h1-6,8H,(H,21,23). The van der Waals surface area contributed by atoms with Crippen molar-refractivity contribution < 1.29 is 17.6 Å². The molecule has 0 saturated heterocycles. The number of aromatic nitrogens is 3. The molecule has 0 spiro atoms. The van der Waals surface area contributed by atoms with Gasteiger partial charge in [0.25, 0.3) is 0 Å². The van der Waals surface area contributed by atoms with Gasteiger partial charge in [0.15, 0.2) is 0 Å². The van der Waals surface area contributed by atoms with Gasteiger partial charge in [0.2, 0.25) is 5.89 Å². The van der Waals surface area contributed by atoms with Crippen LogP contribution in [0.15, 0.2) is 47.0 Å². The number of benzene rings is 1. The molecule has 0 aliphatic carbocycles. The van der Waals surface area contributed by atoms with E-state index in [1.165, 1.54) is 24.4 Å². The lowest BCUT2D eigenvalue weighted by Gasteiger charge is -2.05. The molecular weight excluding hydrogens is 323 g/mol. The van der Waals surface area contributed by atoms with Crippen molar-refractivity contribution in [1.82, 2.24) is 15.2 Å². The zero-order chi connectivity index (χ0) is 17.2. The SMILES string of the molecule is N#Cc1ccc(Nc2nnc(-c3ccc(C(F)(F)F)cc3)o2)cn1. The smallest absolute Gasteiger partial charge is 0.403 e. The van der Waals surface area contributed by atoms with Crippen LogP contribution in [0.4, 0.5) is 24.9 Å². The Balaban J connectivity index is 1.76. The van der Waals surface area contributed by atoms with E-state index < -0.39 is 11.7 Å². The Kier molecular flexibility index (Phi) is 3.87. The van der Waals surface area contributed by atoms with Gasteiger partial charge < -0.3 is 9.73 Å². The van der Waals surface area contributed by atoms with Crippen molar-refractivity contribution in [3.63, 3.8) is 0 Å². The molecule has 3 aromatic rings. The molecule has 2 heterocycles. The van der Waals surface area contributed by atoms with Gasteiger partial charge in [-0.05, 0) is 36.4 Å². The van der Waals surface area contributed by atoms with Gasteiger partial charge in [-0.3, -0.25) is 0 Å². The minimum absolute atomic E-state index is 0.0522. The molecule has 0 atom stereocenters. The van der Waals surface area contributed by atoms with Crippen molar-refractivity contribution in [2.45, 2.75) is 6.18 Å². The summed E-state index contributed by atoms with van der Waals surface area (Å²) in [7, 11) is 0. The van der Waals surface area contributed by atoms with Crippen LogP contribution in [0.5, 0.6) is 0 Å². The number of nitriles is 1. The third-order valence-electron chi connectivity index (χ3n) is 3.01. The molecule has 6 nitrogen and oxygen atoms in total. The fourth-order valence-electron chi connectivity index (χ4n) is 1.85. The summed E-state index contributed by atoms with van der Waals surface area (Å²) in [4.78, 5) is 3.87. The molecule has 0 saturated carbocycles. The third kappa shape index (κ3) is 3.33. The number of hydrogen-bond donors (Lipinski definition) is 1. The molecule has 0 radical (unpaired) electrons. The monoisotopic (exact) mass is 331 g/mol. The molecule has 3 rings (SSSR count). The van der Waals surface area contributed by atoms with E-state index in [1.54, 1.807) is 6.07 Å². The lowest BCUT2D eigenvalue weighted by Crippen LogP contribution is -2.03. The van der Waals surface area contributed by atoms with Gasteiger partial charge in [-0.15, -0.1) is 5.10 Å². The Hall–Kier alpha value is -3.41. The quantitative estimate of drug-likeness (QED) is 0.786. The third-order valence-corrected chi connectivity index (χ3v) is 3.01. The number of hydrogen-bond acceptors (Lipinski definition) is 6. The molecule has 1 aromatic carbocycles. The molecule has 1 N–H and O–H groups in total. The topological polar surface area (TPSA) is 87.6 Å². The first-order chi connectivity index (χ1) is 11.5. The maximum absolute atomic E-state index is 12.5. The highest BCUT2D eigenvalue weighted by Crippen LogP contribution is 2.31. The van der Waals surface area contributed by atoms with Crippen molar-refractivity contribution in [1.29, 1.82) is 5.26 Å². The molecule has 120 valence electrons. The van der Waals surface area contributed by atoms with Crippen LogP contribution < -0.4 is 5.32 Å². The van der Waals surface area contributed by atoms with Crippen LogP contribution in [0.1, 0.15) is 11.3 Å². The number of pyridine rings is 1. The molecule has 0 unspecified atom stereocenters. The van der Waals surface area contributed by atoms with Crippen LogP contribution in [0.2, 0.25) is 0 Å². The second-order valence-corrected chi connectivity index (χ2v) is 4.66. The Morgan fingerprint density at radius 3 is 2.38 bits per heavy atom. The number of nitrogens with one attached hydrogen (secondary N) is 1. The van der Waals surface area contributed by atoms with Crippen molar-refractivity contribution in [2.75, 3.05) is 5.32 Å². The number of nitrogens with zero attached hydrogens (tertiary/aromatic N) is 4. The van der Waals surface area contributed by atoms with E-state index in [0.717, 1.165) is 12.1 Å². The summed E-state index contributed by atoms with van der Waals surface area (Å²) in [6.07, 6.45) is -2.98. The van der Waals surface area contributed by atoms with E-state index in [9.17, 15) is 13.2 Å². The first-order valence-corrected chi connectivity index (χ1v) is 6.60. The fourth-order valence-corrected chi connectivity index (χ4v) is 1.85. The van der Waals surface area contributed by atoms with Gasteiger partial charge in [0.1, 0.15) is 11.8 Å². The van der Waals surface area contributed by atoms with E-state index in [0.29, 0.717) is 11.3 Å². The maximum Gasteiger partial charge on any atom is 0.416 e. The minimum atomic E-state index is -4.40. The molecule has 9 heteroatoms. The predicted octanol–water partition coefficient (Wildman–Crippen LogP) is 3.77. The highest BCUT2D eigenvalue weighted by molar-refractivity contribution is 5.56. The lowest BCUT2D eigenvalue weighted by molar-refractivity contribution is -0.137. The number of anilines is 2. The number of alkyl halides is 3. The first-order valence-electron chi connectivity index (χ1n) is 6.60. The van der Waals surface area contributed by atoms with Crippen molar-refractivity contribution in [3.8, 4) is 17.5 Å². The molecular formula is C15H8F3N5O. The normalized spacial score (nSPS) is 11.1. The van der Waals surface area contributed by atoms with E-state index in [1.807, 2.05) is 6.07 Å². The predicted molar refractivity (Wildman–Crippen MR) is 77.0 cm³/mol. The van der Waals surface area contributed by atoms with Crippen molar-refractivity contribution >= 4 is 11.7 Å². The molecule has 24 heavy (non-hydrogen) atoms. The summed E-state index contributed by atoms with van der Waals surface area (Å²) in [6, 6.07) is 9.44. The molecule has 0 aliphatic rings. The minimum Gasteiger partial charge on any atom is -0.403 e. The van der Waals surface area contributed by atoms with E-state index in [2.05, 4.69) is 20.5 Å². The Morgan fingerprint density at radius 2 is 1.79 bits per heavy atom. The molecule has 2 aromatic heterocycles. The lowest BCUT2D eigenvalue weighted by atomic mass is 10.1. The summed E-state index contributed by atoms with van der Waals surface area (Å²) in [6.45, 7) is 0. The van der Waals surface area contributed by atoms with Crippen LogP contribution in [0, 0.1) is 11.3 Å². The Labute approximate surface area is 133 Å². The fraction of sp³-hybridized carbons (Fsp3) is 0.0667. The molecule has 0 fully saturated rings. The van der Waals surface area contributed by atoms with Gasteiger partial charge in [0.05, 0.1) is 17.4 Å². The van der Waals surface area contributed by atoms with Gasteiger partial charge in [-0.1, -0.05) is 5.10 Å². The number of halogens is 3. The van der Waals surface area contributed by atoms with E-state index in [-0.39, 0.29) is 17.6 Å². The van der Waals surface area contributed by atoms with Crippen LogP contribution in [0.25, 0.3) is 11.5 Å². The Morgan fingerprint density at radius 1 is 1.04 bits per heavy atom. The van der Waals surface area contributed by atoms with Gasteiger partial charge in [-0.25, -0.2) is 4.98 Å². The van der Waals surface area contributed by atoms with Crippen LogP contribution in [-0.4, -0.2) is 15.2 Å². The summed E-state index contributed by atoms with van der Waals surface area (Å²) >= 11 is 0. The zero-order valence-electron chi connectivity index (χ0n) is 11.9. The van der Waals surface area contributed by atoms with Crippen LogP contribution >= 0.6 is 0 Å². The van der Waals surface area contributed by atoms with Gasteiger partial charge in [-0.2, -0.15) is 18.4 Å². The second kappa shape index (κ2) is 6.00. The molecule has 0 bridgehead atoms. The summed E-state index contributed by atoms with van der Waals surface area (Å²) in [5.74, 6) is 0.0767. The summed E-state index contributed by atoms with van der Waals surface area (Å²) < 4.78 is 43.0. The van der Waals surface area contributed by atoms with E-state index >= 15 is 0 Å². The van der Waals surface area contributed by atoms with E-state index in [4.69, 9.17) is 9.68 Å². The maximum atomic E-state index is 12.5. The average Bonchev–Trinajstić information content (AvgIpc) is 3.03. The second-order valence-electron chi connectivity index (χ2n) is 4.66. The first kappa shape index (κ1) is 15.5. The Bertz CT molecular complexity index is 879. The van der Waals surface area contributed by atoms with Crippen LogP contribution in [-0.2, 0) is 6.18 Å². The highest BCUT2D eigenvalue weighted by Gasteiger charge is 2.30. The van der Waals surface area contributed by atoms with Crippen LogP contribution in [0.3, 0.4) is 0 Å². The van der Waals surface area contributed by atoms with Crippen molar-refractivity contribution in [3.05, 3.63) is 53.9 Å². The average molecular weight is 331 g/mol. The summed E-state index contributed by atoms with van der Waals surface area (Å²) in [5.41, 5.74) is 0.391. The van der Waals surface area contributed by atoms with Crippen molar-refractivity contribution in [2.24, 2.45) is 0 Å². The van der Waals surface area contributed by atoms with Gasteiger partial charge >= 0.3 is 12.2 Å². The molecule has 0 amide bonds. The highest BCUT2D eigenvalue weighted by atomic mass is 19.4. The molecule has 0 aliphatic heterocycles.